The summed E-state index contributed by atoms with van der Waals surface area (Å²) in [5, 5.41) is 6.75. The minimum absolute atomic E-state index is 0. The van der Waals surface area contributed by atoms with Crippen molar-refractivity contribution in [3.05, 3.63) is 29.8 Å². The zero-order chi connectivity index (χ0) is 17.5. The van der Waals surface area contributed by atoms with E-state index in [-0.39, 0.29) is 29.6 Å². The molecule has 1 heterocycles. The van der Waals surface area contributed by atoms with Crippen molar-refractivity contribution in [2.45, 2.75) is 64.2 Å². The van der Waals surface area contributed by atoms with Crippen LogP contribution >= 0.6 is 24.0 Å². The molecule has 0 spiro atoms. The highest BCUT2D eigenvalue weighted by Gasteiger charge is 2.29. The molecule has 1 aliphatic carbocycles. The highest BCUT2D eigenvalue weighted by atomic mass is 127. The van der Waals surface area contributed by atoms with Gasteiger partial charge in [0.15, 0.2) is 5.96 Å². The normalized spacial score (nSPS) is 23.1. The molecule has 0 aromatic heterocycles. The lowest BCUT2D eigenvalue weighted by atomic mass is 9.96. The van der Waals surface area contributed by atoms with Crippen molar-refractivity contribution >= 4 is 29.9 Å². The molecule has 1 saturated heterocycles. The van der Waals surface area contributed by atoms with Crippen molar-refractivity contribution in [2.75, 3.05) is 19.7 Å². The topological polar surface area (TPSA) is 54.9 Å². The summed E-state index contributed by atoms with van der Waals surface area (Å²) in [7, 11) is 0. The molecule has 6 heteroatoms. The van der Waals surface area contributed by atoms with E-state index in [9.17, 15) is 0 Å². The van der Waals surface area contributed by atoms with Gasteiger partial charge in [0.1, 0.15) is 5.75 Å². The smallest absolute Gasteiger partial charge is 0.191 e. The van der Waals surface area contributed by atoms with E-state index in [1.165, 1.54) is 19.3 Å². The Morgan fingerprint density at radius 3 is 2.73 bits per heavy atom. The van der Waals surface area contributed by atoms with Gasteiger partial charge in [-0.2, -0.15) is 0 Å². The summed E-state index contributed by atoms with van der Waals surface area (Å²) in [6, 6.07) is 8.23. The van der Waals surface area contributed by atoms with Crippen LogP contribution in [0.3, 0.4) is 0 Å². The molecular formula is C20H32IN3O2. The standard InChI is InChI=1S/C20H31N3O2.HI/c1-3-21-19(23-15-20(2)12-7-13-24-20)22-14-16-8-4-5-11-18(16)25-17-9-6-10-17;/h4-5,8,11,17H,3,6-7,9-10,12-15H2,1-2H3,(H2,21,22,23);1H. The van der Waals surface area contributed by atoms with Crippen LogP contribution in [0, 0.1) is 0 Å². The molecule has 1 aliphatic heterocycles. The average Bonchev–Trinajstić information content (AvgIpc) is 3.01. The maximum absolute atomic E-state index is 6.10. The van der Waals surface area contributed by atoms with E-state index in [0.717, 1.165) is 49.8 Å². The molecule has 1 aromatic carbocycles. The van der Waals surface area contributed by atoms with Crippen LogP contribution in [0.25, 0.3) is 0 Å². The van der Waals surface area contributed by atoms with E-state index >= 15 is 0 Å². The van der Waals surface area contributed by atoms with Crippen LogP contribution in [0.1, 0.15) is 51.5 Å². The van der Waals surface area contributed by atoms with Crippen molar-refractivity contribution in [2.24, 2.45) is 4.99 Å². The van der Waals surface area contributed by atoms with Crippen molar-refractivity contribution in [1.29, 1.82) is 0 Å². The third kappa shape index (κ3) is 6.01. The van der Waals surface area contributed by atoms with Gasteiger partial charge in [-0.1, -0.05) is 18.2 Å². The lowest BCUT2D eigenvalue weighted by Gasteiger charge is -2.27. The van der Waals surface area contributed by atoms with Crippen LogP contribution < -0.4 is 15.4 Å². The number of ether oxygens (including phenoxy) is 2. The van der Waals surface area contributed by atoms with Crippen LogP contribution in [-0.2, 0) is 11.3 Å². The Balaban J connectivity index is 0.00000243. The summed E-state index contributed by atoms with van der Waals surface area (Å²) in [5.74, 6) is 1.80. The molecule has 3 rings (SSSR count). The molecule has 1 unspecified atom stereocenters. The van der Waals surface area contributed by atoms with Gasteiger partial charge in [-0.25, -0.2) is 4.99 Å². The maximum atomic E-state index is 6.10. The second-order valence-electron chi connectivity index (χ2n) is 7.23. The molecule has 5 nitrogen and oxygen atoms in total. The number of nitrogens with one attached hydrogen (secondary N) is 2. The van der Waals surface area contributed by atoms with Gasteiger partial charge in [0.05, 0.1) is 18.2 Å². The fourth-order valence-electron chi connectivity index (χ4n) is 3.17. The number of benzene rings is 1. The first-order chi connectivity index (χ1) is 12.2. The number of guanidine groups is 1. The second-order valence-corrected chi connectivity index (χ2v) is 7.23. The van der Waals surface area contributed by atoms with Gasteiger partial charge >= 0.3 is 0 Å². The number of para-hydroxylation sites is 1. The van der Waals surface area contributed by atoms with Gasteiger partial charge in [0.2, 0.25) is 0 Å². The van der Waals surface area contributed by atoms with Gasteiger partial charge in [0, 0.05) is 25.3 Å². The summed E-state index contributed by atoms with van der Waals surface area (Å²) in [4.78, 5) is 4.75. The van der Waals surface area contributed by atoms with Crippen LogP contribution in [0.5, 0.6) is 5.75 Å². The summed E-state index contributed by atoms with van der Waals surface area (Å²) in [6.07, 6.45) is 6.23. The predicted octanol–water partition coefficient (Wildman–Crippen LogP) is 3.86. The Bertz CT molecular complexity index is 584. The molecule has 146 valence electrons. The van der Waals surface area contributed by atoms with Gasteiger partial charge in [-0.3, -0.25) is 0 Å². The molecule has 0 amide bonds. The van der Waals surface area contributed by atoms with Gasteiger partial charge in [-0.05, 0) is 52.0 Å². The Labute approximate surface area is 174 Å². The number of nitrogens with zero attached hydrogens (tertiary/aromatic N) is 1. The molecule has 2 N–H and O–H groups in total. The second kappa shape index (κ2) is 10.3. The number of aliphatic imine (C=N–C) groups is 1. The van der Waals surface area contributed by atoms with Gasteiger partial charge in [0.25, 0.3) is 0 Å². The van der Waals surface area contributed by atoms with E-state index in [2.05, 4.69) is 36.6 Å². The summed E-state index contributed by atoms with van der Waals surface area (Å²) >= 11 is 0. The molecular weight excluding hydrogens is 441 g/mol. The van der Waals surface area contributed by atoms with Crippen LogP contribution in [-0.4, -0.2) is 37.4 Å². The molecule has 2 fully saturated rings. The average molecular weight is 473 g/mol. The first-order valence-electron chi connectivity index (χ1n) is 9.59. The summed E-state index contributed by atoms with van der Waals surface area (Å²) < 4.78 is 11.9. The largest absolute Gasteiger partial charge is 0.490 e. The fourth-order valence-corrected chi connectivity index (χ4v) is 3.17. The third-order valence-electron chi connectivity index (χ3n) is 5.00. The Kier molecular flexibility index (Phi) is 8.47. The molecule has 26 heavy (non-hydrogen) atoms. The Morgan fingerprint density at radius 1 is 1.27 bits per heavy atom. The van der Waals surface area contributed by atoms with E-state index in [1.807, 2.05) is 12.1 Å². The number of rotatable bonds is 7. The molecule has 1 atom stereocenters. The quantitative estimate of drug-likeness (QED) is 0.359. The zero-order valence-corrected chi connectivity index (χ0v) is 18.3. The number of halogens is 1. The first kappa shape index (κ1) is 21.3. The lowest BCUT2D eigenvalue weighted by Crippen LogP contribution is -2.45. The Morgan fingerprint density at radius 2 is 2.08 bits per heavy atom. The minimum Gasteiger partial charge on any atom is -0.490 e. The van der Waals surface area contributed by atoms with Crippen molar-refractivity contribution < 1.29 is 9.47 Å². The molecule has 0 bridgehead atoms. The van der Waals surface area contributed by atoms with Crippen molar-refractivity contribution in [1.82, 2.24) is 10.6 Å². The maximum Gasteiger partial charge on any atom is 0.191 e. The lowest BCUT2D eigenvalue weighted by molar-refractivity contribution is 0.0243. The van der Waals surface area contributed by atoms with Gasteiger partial charge in [-0.15, -0.1) is 24.0 Å². The van der Waals surface area contributed by atoms with Crippen LogP contribution in [0.4, 0.5) is 0 Å². The van der Waals surface area contributed by atoms with Gasteiger partial charge < -0.3 is 20.1 Å². The molecule has 2 aliphatic rings. The van der Waals surface area contributed by atoms with Crippen LogP contribution in [0.2, 0.25) is 0 Å². The molecule has 1 saturated carbocycles. The monoisotopic (exact) mass is 473 g/mol. The van der Waals surface area contributed by atoms with E-state index in [1.54, 1.807) is 0 Å². The zero-order valence-electron chi connectivity index (χ0n) is 15.9. The van der Waals surface area contributed by atoms with Crippen molar-refractivity contribution in [3.63, 3.8) is 0 Å². The summed E-state index contributed by atoms with van der Waals surface area (Å²) in [5.41, 5.74) is 1.05. The Hall–Kier alpha value is -1.02. The van der Waals surface area contributed by atoms with Crippen LogP contribution in [0.15, 0.2) is 29.3 Å². The summed E-state index contributed by atoms with van der Waals surface area (Å²) in [6.45, 7) is 7.33. The van der Waals surface area contributed by atoms with E-state index in [0.29, 0.717) is 12.6 Å². The van der Waals surface area contributed by atoms with E-state index < -0.39 is 0 Å². The SMILES string of the molecule is CCNC(=NCc1ccccc1OC1CCC1)NCC1(C)CCCO1.I. The fraction of sp³-hybridized carbons (Fsp3) is 0.650. The highest BCUT2D eigenvalue weighted by Crippen LogP contribution is 2.28. The number of hydrogen-bond donors (Lipinski definition) is 2. The molecule has 0 radical (unpaired) electrons. The third-order valence-corrected chi connectivity index (χ3v) is 5.00. The predicted molar refractivity (Wildman–Crippen MR) is 117 cm³/mol. The minimum atomic E-state index is -0.0819. The highest BCUT2D eigenvalue weighted by molar-refractivity contribution is 14.0. The van der Waals surface area contributed by atoms with Crippen molar-refractivity contribution in [3.8, 4) is 5.75 Å². The van der Waals surface area contributed by atoms with E-state index in [4.69, 9.17) is 14.5 Å². The number of hydrogen-bond acceptors (Lipinski definition) is 3. The molecule has 1 aromatic rings. The first-order valence-corrected chi connectivity index (χ1v) is 9.59.